The van der Waals surface area contributed by atoms with E-state index in [1.54, 1.807) is 30.2 Å². The summed E-state index contributed by atoms with van der Waals surface area (Å²) in [6.07, 6.45) is 3.00. The summed E-state index contributed by atoms with van der Waals surface area (Å²) in [5.41, 5.74) is 2.29. The van der Waals surface area contributed by atoms with Gasteiger partial charge in [0.05, 0.1) is 17.9 Å². The van der Waals surface area contributed by atoms with Gasteiger partial charge in [0.1, 0.15) is 5.82 Å². The highest BCUT2D eigenvalue weighted by atomic mass is 35.5. The Morgan fingerprint density at radius 2 is 2.00 bits per heavy atom. The van der Waals surface area contributed by atoms with Crippen LogP contribution in [0.15, 0.2) is 30.5 Å². The summed E-state index contributed by atoms with van der Waals surface area (Å²) in [6, 6.07) is 7.29. The van der Waals surface area contributed by atoms with Gasteiger partial charge in [-0.2, -0.15) is 0 Å². The van der Waals surface area contributed by atoms with Crippen LogP contribution in [0.1, 0.15) is 35.7 Å². The van der Waals surface area contributed by atoms with Gasteiger partial charge in [0.2, 0.25) is 0 Å². The lowest BCUT2D eigenvalue weighted by molar-refractivity contribution is 0.0868. The number of aromatic nitrogens is 1. The number of rotatable bonds is 6. The molecule has 2 aliphatic rings. The van der Waals surface area contributed by atoms with Crippen molar-refractivity contribution < 1.29 is 14.3 Å². The van der Waals surface area contributed by atoms with Crippen molar-refractivity contribution in [3.63, 3.8) is 0 Å². The topological polar surface area (TPSA) is 86.8 Å². The highest BCUT2D eigenvalue weighted by Crippen LogP contribution is 2.31. The van der Waals surface area contributed by atoms with Crippen molar-refractivity contribution in [2.24, 2.45) is 5.92 Å². The third-order valence-corrected chi connectivity index (χ3v) is 6.81. The molecule has 1 aromatic heterocycles. The molecule has 0 spiro atoms. The first-order valence-electron chi connectivity index (χ1n) is 11.6. The van der Waals surface area contributed by atoms with Crippen LogP contribution in [0.25, 0.3) is 0 Å². The second-order valence-electron chi connectivity index (χ2n) is 8.52. The molecule has 0 radical (unpaired) electrons. The van der Waals surface area contributed by atoms with Crippen LogP contribution in [-0.2, 0) is 11.3 Å². The van der Waals surface area contributed by atoms with E-state index in [0.717, 1.165) is 43.0 Å². The Morgan fingerprint density at radius 1 is 1.21 bits per heavy atom. The van der Waals surface area contributed by atoms with E-state index in [0.29, 0.717) is 54.3 Å². The molecule has 3 heterocycles. The van der Waals surface area contributed by atoms with E-state index in [4.69, 9.17) is 27.9 Å². The van der Waals surface area contributed by atoms with E-state index in [9.17, 15) is 9.59 Å². The smallest absolute Gasteiger partial charge is 0.409 e. The maximum atomic E-state index is 12.9. The number of hydrogen-bond acceptors (Lipinski definition) is 6. The van der Waals surface area contributed by atoms with Crippen molar-refractivity contribution >= 4 is 46.7 Å². The number of benzene rings is 1. The molecule has 1 aromatic carbocycles. The minimum Gasteiger partial charge on any atom is -0.450 e. The average molecular weight is 506 g/mol. The molecule has 1 saturated heterocycles. The van der Waals surface area contributed by atoms with Crippen LogP contribution >= 0.6 is 23.2 Å². The lowest BCUT2D eigenvalue weighted by Crippen LogP contribution is -2.41. The molecule has 0 aliphatic carbocycles. The van der Waals surface area contributed by atoms with Gasteiger partial charge >= 0.3 is 6.09 Å². The highest BCUT2D eigenvalue weighted by Gasteiger charge is 2.25. The van der Waals surface area contributed by atoms with Gasteiger partial charge in [-0.25, -0.2) is 9.78 Å². The average Bonchev–Trinajstić information content (AvgIpc) is 2.85. The van der Waals surface area contributed by atoms with Gasteiger partial charge in [-0.15, -0.1) is 0 Å². The molecule has 0 unspecified atom stereocenters. The zero-order valence-electron chi connectivity index (χ0n) is 19.2. The van der Waals surface area contributed by atoms with E-state index in [1.165, 1.54) is 0 Å². The van der Waals surface area contributed by atoms with Crippen LogP contribution in [0, 0.1) is 5.92 Å². The molecule has 2 N–H and O–H groups in total. The number of likely N-dealkylation sites (tertiary alicyclic amines) is 1. The molecule has 34 heavy (non-hydrogen) atoms. The minimum absolute atomic E-state index is 0.158. The molecule has 0 bridgehead atoms. The molecule has 0 atom stereocenters. The number of amides is 2. The summed E-state index contributed by atoms with van der Waals surface area (Å²) in [7, 11) is 0. The second kappa shape index (κ2) is 11.1. The van der Waals surface area contributed by atoms with Crippen LogP contribution < -0.4 is 15.5 Å². The fourth-order valence-electron chi connectivity index (χ4n) is 4.29. The maximum absolute atomic E-state index is 12.9. The number of piperidine rings is 1. The maximum Gasteiger partial charge on any atom is 0.409 e. The fourth-order valence-corrected chi connectivity index (χ4v) is 4.66. The molecular formula is C24H29Cl2N5O3. The number of halogens is 2. The van der Waals surface area contributed by atoms with Gasteiger partial charge < -0.3 is 25.2 Å². The van der Waals surface area contributed by atoms with Gasteiger partial charge in [0.25, 0.3) is 5.91 Å². The molecule has 10 heteroatoms. The summed E-state index contributed by atoms with van der Waals surface area (Å²) >= 11 is 12.5. The van der Waals surface area contributed by atoms with Crippen molar-refractivity contribution in [1.29, 1.82) is 0 Å². The van der Waals surface area contributed by atoms with Gasteiger partial charge in [0.15, 0.2) is 0 Å². The minimum atomic E-state index is -0.262. The number of nitrogens with zero attached hydrogens (tertiary/aromatic N) is 3. The number of anilines is 2. The Morgan fingerprint density at radius 3 is 2.76 bits per heavy atom. The van der Waals surface area contributed by atoms with Gasteiger partial charge in [-0.05, 0) is 55.5 Å². The van der Waals surface area contributed by atoms with E-state index in [2.05, 4.69) is 20.5 Å². The number of carbonyl (C=O) groups is 2. The summed E-state index contributed by atoms with van der Waals surface area (Å²) in [4.78, 5) is 33.1. The molecule has 4 rings (SSSR count). The van der Waals surface area contributed by atoms with Gasteiger partial charge in [0, 0.05) is 55.5 Å². The first-order valence-corrected chi connectivity index (χ1v) is 12.3. The van der Waals surface area contributed by atoms with Crippen molar-refractivity contribution in [1.82, 2.24) is 15.2 Å². The van der Waals surface area contributed by atoms with E-state index in [-0.39, 0.29) is 12.0 Å². The Bertz CT molecular complexity index is 1040. The number of pyridine rings is 1. The van der Waals surface area contributed by atoms with Crippen molar-refractivity contribution in [2.75, 3.05) is 49.5 Å². The third kappa shape index (κ3) is 5.85. The monoisotopic (exact) mass is 505 g/mol. The van der Waals surface area contributed by atoms with Crippen LogP contribution in [0.5, 0.6) is 0 Å². The first-order chi connectivity index (χ1) is 16.4. The lowest BCUT2D eigenvalue weighted by atomic mass is 9.97. The predicted molar refractivity (Wildman–Crippen MR) is 134 cm³/mol. The molecule has 1 fully saturated rings. The van der Waals surface area contributed by atoms with Crippen LogP contribution in [-0.4, -0.2) is 61.2 Å². The first kappa shape index (κ1) is 24.4. The SMILES string of the molecule is CCOC(=O)N1CCC(CNC(=O)c2cnc3c(c2)N(Cc2cc(Cl)ccc2Cl)CCN3)CC1. The molecule has 2 aromatic rings. The van der Waals surface area contributed by atoms with E-state index < -0.39 is 0 Å². The Balaban J connectivity index is 1.37. The van der Waals surface area contributed by atoms with E-state index in [1.807, 2.05) is 12.1 Å². The number of fused-ring (bicyclic) bond motifs is 1. The largest absolute Gasteiger partial charge is 0.450 e. The molecule has 2 aliphatic heterocycles. The number of hydrogen-bond donors (Lipinski definition) is 2. The van der Waals surface area contributed by atoms with Gasteiger partial charge in [-0.1, -0.05) is 23.2 Å². The van der Waals surface area contributed by atoms with E-state index >= 15 is 0 Å². The summed E-state index contributed by atoms with van der Waals surface area (Å²) in [5, 5.41) is 7.61. The molecular weight excluding hydrogens is 477 g/mol. The predicted octanol–water partition coefficient (Wildman–Crippen LogP) is 4.42. The standard InChI is InChI=1S/C24H29Cl2N5O3/c1-2-34-24(33)30-8-5-16(6-9-30)13-29-23(32)17-12-21-22(28-14-17)27-7-10-31(21)15-18-11-19(25)3-4-20(18)26/h3-4,11-12,14,16H,2,5-10,13,15H2,1H3,(H,27,28)(H,29,32). The quantitative estimate of drug-likeness (QED) is 0.604. The molecule has 2 amide bonds. The normalized spacial score (nSPS) is 16.0. The zero-order valence-corrected chi connectivity index (χ0v) is 20.7. The zero-order chi connectivity index (χ0) is 24.1. The summed E-state index contributed by atoms with van der Waals surface area (Å²) in [6.45, 7) is 6.10. The number of carbonyl (C=O) groups excluding carboxylic acids is 2. The third-order valence-electron chi connectivity index (χ3n) is 6.21. The van der Waals surface area contributed by atoms with Crippen molar-refractivity contribution in [2.45, 2.75) is 26.3 Å². The second-order valence-corrected chi connectivity index (χ2v) is 9.36. The van der Waals surface area contributed by atoms with Crippen LogP contribution in [0.3, 0.4) is 0 Å². The molecule has 8 nitrogen and oxygen atoms in total. The fraction of sp³-hybridized carbons (Fsp3) is 0.458. The summed E-state index contributed by atoms with van der Waals surface area (Å²) in [5.74, 6) is 0.907. The Kier molecular flexibility index (Phi) is 8.00. The van der Waals surface area contributed by atoms with Crippen molar-refractivity contribution in [3.8, 4) is 0 Å². The summed E-state index contributed by atoms with van der Waals surface area (Å²) < 4.78 is 5.06. The highest BCUT2D eigenvalue weighted by molar-refractivity contribution is 6.33. The molecule has 182 valence electrons. The van der Waals surface area contributed by atoms with Crippen LogP contribution in [0.4, 0.5) is 16.3 Å². The number of nitrogens with one attached hydrogen (secondary N) is 2. The Hall–Kier alpha value is -2.71. The molecule has 0 saturated carbocycles. The number of ether oxygens (including phenoxy) is 1. The van der Waals surface area contributed by atoms with Gasteiger partial charge in [-0.3, -0.25) is 4.79 Å². The Labute approximate surface area is 209 Å². The van der Waals surface area contributed by atoms with Crippen LogP contribution in [0.2, 0.25) is 10.0 Å². The lowest BCUT2D eigenvalue weighted by Gasteiger charge is -2.32. The van der Waals surface area contributed by atoms with Crippen molar-refractivity contribution in [3.05, 3.63) is 51.6 Å².